The van der Waals surface area contributed by atoms with E-state index in [-0.39, 0.29) is 12.4 Å². The summed E-state index contributed by atoms with van der Waals surface area (Å²) < 4.78 is 5.47. The van der Waals surface area contributed by atoms with Gasteiger partial charge in [0.1, 0.15) is 0 Å². The summed E-state index contributed by atoms with van der Waals surface area (Å²) in [4.78, 5) is 2.28. The van der Waals surface area contributed by atoms with Crippen LogP contribution in [0.3, 0.4) is 0 Å². The molecule has 0 unspecified atom stereocenters. The number of halogens is 1. The highest BCUT2D eigenvalue weighted by Crippen LogP contribution is 2.04. The first kappa shape index (κ1) is 11.2. The van der Waals surface area contributed by atoms with Crippen molar-refractivity contribution in [2.75, 3.05) is 33.3 Å². The molecule has 1 aliphatic rings. The summed E-state index contributed by atoms with van der Waals surface area (Å²) in [6.07, 6.45) is 1.37. The zero-order chi connectivity index (χ0) is 7.40. The van der Waals surface area contributed by atoms with Crippen molar-refractivity contribution < 1.29 is 4.74 Å². The molecule has 0 bridgehead atoms. The number of hydrogen-bond acceptors (Lipinski definition) is 3. The second kappa shape index (κ2) is 5.77. The fourth-order valence-electron chi connectivity index (χ4n) is 1.23. The predicted molar refractivity (Wildman–Crippen MR) is 48.2 cm³/mol. The molecule has 0 aromatic carbocycles. The van der Waals surface area contributed by atoms with Crippen LogP contribution in [0.15, 0.2) is 0 Å². The minimum Gasteiger partial charge on any atom is -0.376 e. The number of rotatable bonds is 2. The van der Waals surface area contributed by atoms with Crippen LogP contribution in [-0.4, -0.2) is 44.3 Å². The predicted octanol–water partition coefficient (Wildman–Crippen LogP) is 0.0876. The second-order valence-electron chi connectivity index (χ2n) is 2.83. The summed E-state index contributed by atoms with van der Waals surface area (Å²) >= 11 is 0. The van der Waals surface area contributed by atoms with Gasteiger partial charge in [-0.15, -0.1) is 12.4 Å². The summed E-state index contributed by atoms with van der Waals surface area (Å²) in [5.74, 6) is 0. The van der Waals surface area contributed by atoms with Crippen LogP contribution in [0, 0.1) is 0 Å². The first-order valence-electron chi connectivity index (χ1n) is 3.83. The molecule has 0 amide bonds. The second-order valence-corrected chi connectivity index (χ2v) is 2.83. The van der Waals surface area contributed by atoms with E-state index in [9.17, 15) is 0 Å². The third kappa shape index (κ3) is 3.91. The number of ether oxygens (including phenoxy) is 1. The monoisotopic (exact) mass is 180 g/mol. The van der Waals surface area contributed by atoms with Gasteiger partial charge in [0.25, 0.3) is 0 Å². The zero-order valence-corrected chi connectivity index (χ0v) is 7.77. The fourth-order valence-corrected chi connectivity index (χ4v) is 1.23. The Morgan fingerprint density at radius 1 is 1.64 bits per heavy atom. The number of nitrogens with two attached hydrogens (primary N) is 1. The van der Waals surface area contributed by atoms with Gasteiger partial charge < -0.3 is 15.4 Å². The first-order valence-corrected chi connectivity index (χ1v) is 3.83. The van der Waals surface area contributed by atoms with Crippen molar-refractivity contribution in [3.8, 4) is 0 Å². The van der Waals surface area contributed by atoms with Gasteiger partial charge in [0, 0.05) is 13.1 Å². The molecule has 0 aromatic rings. The lowest BCUT2D eigenvalue weighted by molar-refractivity contribution is -0.0218. The molecule has 0 aromatic heterocycles. The molecule has 0 radical (unpaired) electrons. The number of hydrogen-bond donors (Lipinski definition) is 1. The molecule has 11 heavy (non-hydrogen) atoms. The minimum absolute atomic E-state index is 0. The van der Waals surface area contributed by atoms with Crippen LogP contribution in [0.5, 0.6) is 0 Å². The Hall–Kier alpha value is 0.170. The SMILES string of the molecule is CN1CCO[C@H](CCN)C1.Cl. The molecule has 1 rings (SSSR count). The van der Waals surface area contributed by atoms with Gasteiger partial charge in [0.15, 0.2) is 0 Å². The Bertz CT molecular complexity index is 100. The van der Waals surface area contributed by atoms with Gasteiger partial charge >= 0.3 is 0 Å². The van der Waals surface area contributed by atoms with E-state index in [1.165, 1.54) is 0 Å². The lowest BCUT2D eigenvalue weighted by Gasteiger charge is -2.29. The molecule has 1 fully saturated rings. The summed E-state index contributed by atoms with van der Waals surface area (Å²) in [6.45, 7) is 3.69. The van der Waals surface area contributed by atoms with Gasteiger partial charge in [-0.2, -0.15) is 0 Å². The van der Waals surface area contributed by atoms with Crippen molar-refractivity contribution in [3.63, 3.8) is 0 Å². The number of nitrogens with zero attached hydrogens (tertiary/aromatic N) is 1. The van der Waals surface area contributed by atoms with E-state index in [4.69, 9.17) is 10.5 Å². The standard InChI is InChI=1S/C7H16N2O.ClH/c1-9-4-5-10-7(6-9)2-3-8;/h7H,2-6,8H2,1H3;1H/t7-;/m1./s1. The Morgan fingerprint density at radius 3 is 2.91 bits per heavy atom. The molecule has 1 heterocycles. The molecule has 1 saturated heterocycles. The van der Waals surface area contributed by atoms with Crippen LogP contribution in [0.4, 0.5) is 0 Å². The molecule has 0 aliphatic carbocycles. The van der Waals surface area contributed by atoms with Gasteiger partial charge in [-0.3, -0.25) is 0 Å². The van der Waals surface area contributed by atoms with E-state index in [1.54, 1.807) is 0 Å². The lowest BCUT2D eigenvalue weighted by atomic mass is 10.2. The van der Waals surface area contributed by atoms with E-state index < -0.39 is 0 Å². The molecule has 2 N–H and O–H groups in total. The Labute approximate surface area is 74.3 Å². The van der Waals surface area contributed by atoms with Crippen molar-refractivity contribution in [2.45, 2.75) is 12.5 Å². The molecule has 1 aliphatic heterocycles. The first-order chi connectivity index (χ1) is 4.83. The third-order valence-electron chi connectivity index (χ3n) is 1.83. The summed E-state index contributed by atoms with van der Waals surface area (Å²) in [6, 6.07) is 0. The van der Waals surface area contributed by atoms with E-state index in [0.717, 1.165) is 32.7 Å². The molecule has 68 valence electrons. The molecule has 0 saturated carbocycles. The third-order valence-corrected chi connectivity index (χ3v) is 1.83. The van der Waals surface area contributed by atoms with Crippen molar-refractivity contribution in [1.29, 1.82) is 0 Å². The Balaban J connectivity index is 0.000001000. The molecule has 4 heteroatoms. The van der Waals surface area contributed by atoms with Crippen molar-refractivity contribution in [2.24, 2.45) is 5.73 Å². The maximum atomic E-state index is 5.47. The normalized spacial score (nSPS) is 26.2. The highest BCUT2D eigenvalue weighted by molar-refractivity contribution is 5.85. The molecular formula is C7H17ClN2O. The fraction of sp³-hybridized carbons (Fsp3) is 1.00. The van der Waals surface area contributed by atoms with Crippen LogP contribution in [0.25, 0.3) is 0 Å². The maximum Gasteiger partial charge on any atom is 0.0714 e. The lowest BCUT2D eigenvalue weighted by Crippen LogP contribution is -2.40. The van der Waals surface area contributed by atoms with Crippen molar-refractivity contribution in [1.82, 2.24) is 4.90 Å². The highest BCUT2D eigenvalue weighted by Gasteiger charge is 2.15. The number of morpholine rings is 1. The van der Waals surface area contributed by atoms with Gasteiger partial charge in [-0.25, -0.2) is 0 Å². The van der Waals surface area contributed by atoms with Crippen LogP contribution in [-0.2, 0) is 4.74 Å². The van der Waals surface area contributed by atoms with E-state index in [0.29, 0.717) is 6.10 Å². The molecule has 3 nitrogen and oxygen atoms in total. The largest absolute Gasteiger partial charge is 0.376 e. The minimum atomic E-state index is 0. The maximum absolute atomic E-state index is 5.47. The Kier molecular flexibility index (Phi) is 5.86. The molecule has 0 spiro atoms. The zero-order valence-electron chi connectivity index (χ0n) is 6.95. The van der Waals surface area contributed by atoms with Crippen LogP contribution in [0.2, 0.25) is 0 Å². The van der Waals surface area contributed by atoms with Gasteiger partial charge in [-0.1, -0.05) is 0 Å². The van der Waals surface area contributed by atoms with Crippen LogP contribution >= 0.6 is 12.4 Å². The molecule has 1 atom stereocenters. The smallest absolute Gasteiger partial charge is 0.0714 e. The molecular weight excluding hydrogens is 164 g/mol. The quantitative estimate of drug-likeness (QED) is 0.655. The Morgan fingerprint density at radius 2 is 2.36 bits per heavy atom. The van der Waals surface area contributed by atoms with E-state index in [2.05, 4.69) is 11.9 Å². The van der Waals surface area contributed by atoms with Crippen molar-refractivity contribution >= 4 is 12.4 Å². The van der Waals surface area contributed by atoms with Crippen LogP contribution < -0.4 is 5.73 Å². The van der Waals surface area contributed by atoms with E-state index in [1.807, 2.05) is 0 Å². The van der Waals surface area contributed by atoms with Crippen LogP contribution in [0.1, 0.15) is 6.42 Å². The van der Waals surface area contributed by atoms with Gasteiger partial charge in [0.2, 0.25) is 0 Å². The summed E-state index contributed by atoms with van der Waals surface area (Å²) in [5, 5.41) is 0. The van der Waals surface area contributed by atoms with Gasteiger partial charge in [0.05, 0.1) is 12.7 Å². The van der Waals surface area contributed by atoms with Gasteiger partial charge in [-0.05, 0) is 20.0 Å². The average Bonchev–Trinajstić information content (AvgIpc) is 1.88. The summed E-state index contributed by atoms with van der Waals surface area (Å²) in [5.41, 5.74) is 5.41. The number of likely N-dealkylation sites (N-methyl/N-ethyl adjacent to an activating group) is 1. The average molecular weight is 181 g/mol. The highest BCUT2D eigenvalue weighted by atomic mass is 35.5. The topological polar surface area (TPSA) is 38.5 Å². The van der Waals surface area contributed by atoms with E-state index >= 15 is 0 Å². The summed E-state index contributed by atoms with van der Waals surface area (Å²) in [7, 11) is 2.12. The van der Waals surface area contributed by atoms with Crippen molar-refractivity contribution in [3.05, 3.63) is 0 Å².